The van der Waals surface area contributed by atoms with E-state index in [1.165, 1.54) is 45.3 Å². The Kier molecular flexibility index (Phi) is 10.9. The summed E-state index contributed by atoms with van der Waals surface area (Å²) in [6, 6.07) is 0. The highest BCUT2D eigenvalue weighted by Gasteiger charge is 2.15. The molecule has 0 aliphatic rings. The first-order valence-corrected chi connectivity index (χ1v) is 8.06. The van der Waals surface area contributed by atoms with Gasteiger partial charge >= 0.3 is 0 Å². The molecule has 0 spiro atoms. The molecule has 98 valence electrons. The Bertz CT molecular complexity index is 140. The van der Waals surface area contributed by atoms with Crippen LogP contribution < -0.4 is 0 Å². The average molecular weight is 292 g/mol. The molecule has 0 aromatic heterocycles. The fourth-order valence-corrected chi connectivity index (χ4v) is 2.78. The Morgan fingerprint density at radius 2 is 1.50 bits per heavy atom. The third-order valence-electron chi connectivity index (χ3n) is 3.29. The fourth-order valence-electron chi connectivity index (χ4n) is 1.83. The first kappa shape index (κ1) is 16.4. The summed E-state index contributed by atoms with van der Waals surface area (Å²) in [4.78, 5) is 2.67. The molecule has 1 nitrogen and oxygen atoms in total. The van der Waals surface area contributed by atoms with Crippen LogP contribution in [0.2, 0.25) is 0 Å². The number of alkyl halides is 1. The SMILES string of the molecule is CCCCN(CCCC)CC(CBr)C(C)C. The zero-order valence-electron chi connectivity index (χ0n) is 11.6. The molecule has 0 amide bonds. The van der Waals surface area contributed by atoms with E-state index < -0.39 is 0 Å². The first-order chi connectivity index (χ1) is 7.65. The minimum atomic E-state index is 0.783. The molecule has 0 aliphatic carbocycles. The van der Waals surface area contributed by atoms with Crippen molar-refractivity contribution in [1.29, 1.82) is 0 Å². The predicted molar refractivity (Wildman–Crippen MR) is 78.4 cm³/mol. The maximum atomic E-state index is 3.65. The number of halogens is 1. The van der Waals surface area contributed by atoms with Crippen LogP contribution in [0.1, 0.15) is 53.4 Å². The molecule has 0 heterocycles. The molecule has 0 aromatic rings. The van der Waals surface area contributed by atoms with E-state index in [0.717, 1.165) is 17.2 Å². The van der Waals surface area contributed by atoms with Crippen LogP contribution in [0.15, 0.2) is 0 Å². The smallest absolute Gasteiger partial charge is 0.00743 e. The monoisotopic (exact) mass is 291 g/mol. The van der Waals surface area contributed by atoms with Crippen molar-refractivity contribution in [3.8, 4) is 0 Å². The van der Waals surface area contributed by atoms with Gasteiger partial charge in [0, 0.05) is 11.9 Å². The highest BCUT2D eigenvalue weighted by atomic mass is 79.9. The van der Waals surface area contributed by atoms with Crippen LogP contribution >= 0.6 is 15.9 Å². The first-order valence-electron chi connectivity index (χ1n) is 6.93. The fraction of sp³-hybridized carbons (Fsp3) is 1.00. The second kappa shape index (κ2) is 10.6. The quantitative estimate of drug-likeness (QED) is 0.534. The largest absolute Gasteiger partial charge is 0.303 e. The van der Waals surface area contributed by atoms with Crippen molar-refractivity contribution in [3.63, 3.8) is 0 Å². The van der Waals surface area contributed by atoms with E-state index >= 15 is 0 Å². The van der Waals surface area contributed by atoms with Crippen molar-refractivity contribution < 1.29 is 0 Å². The van der Waals surface area contributed by atoms with Gasteiger partial charge in [0.2, 0.25) is 0 Å². The van der Waals surface area contributed by atoms with Gasteiger partial charge in [0.05, 0.1) is 0 Å². The van der Waals surface area contributed by atoms with Crippen LogP contribution in [0.4, 0.5) is 0 Å². The lowest BCUT2D eigenvalue weighted by Gasteiger charge is -2.28. The number of unbranched alkanes of at least 4 members (excludes halogenated alkanes) is 2. The van der Waals surface area contributed by atoms with E-state index in [0.29, 0.717) is 0 Å². The zero-order valence-corrected chi connectivity index (χ0v) is 13.2. The molecule has 1 atom stereocenters. The standard InChI is InChI=1S/C14H30BrN/c1-5-7-9-16(10-8-6-2)12-14(11-15)13(3)4/h13-14H,5-12H2,1-4H3. The summed E-state index contributed by atoms with van der Waals surface area (Å²) in [5.41, 5.74) is 0. The van der Waals surface area contributed by atoms with Crippen LogP contribution in [0, 0.1) is 11.8 Å². The molecule has 0 rings (SSSR count). The Balaban J connectivity index is 4.04. The van der Waals surface area contributed by atoms with Crippen molar-refractivity contribution in [1.82, 2.24) is 4.90 Å². The van der Waals surface area contributed by atoms with Crippen LogP contribution in [0.3, 0.4) is 0 Å². The molecule has 1 unspecified atom stereocenters. The molecule has 0 saturated heterocycles. The van der Waals surface area contributed by atoms with E-state index in [-0.39, 0.29) is 0 Å². The molecule has 0 aliphatic heterocycles. The van der Waals surface area contributed by atoms with Gasteiger partial charge in [-0.3, -0.25) is 0 Å². The highest BCUT2D eigenvalue weighted by Crippen LogP contribution is 2.16. The molecule has 0 bridgehead atoms. The average Bonchev–Trinajstić information content (AvgIpc) is 2.27. The van der Waals surface area contributed by atoms with Gasteiger partial charge in [-0.2, -0.15) is 0 Å². The van der Waals surface area contributed by atoms with E-state index in [2.05, 4.69) is 48.5 Å². The van der Waals surface area contributed by atoms with Crippen molar-refractivity contribution in [2.45, 2.75) is 53.4 Å². The predicted octanol–water partition coefficient (Wildman–Crippen LogP) is 4.56. The number of hydrogen-bond acceptors (Lipinski definition) is 1. The zero-order chi connectivity index (χ0) is 12.4. The van der Waals surface area contributed by atoms with Gasteiger partial charge in [0.15, 0.2) is 0 Å². The Morgan fingerprint density at radius 1 is 1.00 bits per heavy atom. The summed E-state index contributed by atoms with van der Waals surface area (Å²) in [5.74, 6) is 1.58. The van der Waals surface area contributed by atoms with Gasteiger partial charge in [-0.05, 0) is 37.8 Å². The molecule has 2 heteroatoms. The molecule has 16 heavy (non-hydrogen) atoms. The molecule has 0 radical (unpaired) electrons. The molecular weight excluding hydrogens is 262 g/mol. The summed E-state index contributed by atoms with van der Waals surface area (Å²) in [6.07, 6.45) is 5.31. The molecule has 0 saturated carbocycles. The summed E-state index contributed by atoms with van der Waals surface area (Å²) in [6.45, 7) is 13.1. The minimum Gasteiger partial charge on any atom is -0.303 e. The summed E-state index contributed by atoms with van der Waals surface area (Å²) in [5, 5.41) is 1.14. The lowest BCUT2D eigenvalue weighted by molar-refractivity contribution is 0.209. The van der Waals surface area contributed by atoms with E-state index in [4.69, 9.17) is 0 Å². The summed E-state index contributed by atoms with van der Waals surface area (Å²) >= 11 is 3.65. The summed E-state index contributed by atoms with van der Waals surface area (Å²) < 4.78 is 0. The van der Waals surface area contributed by atoms with Crippen LogP contribution in [0.5, 0.6) is 0 Å². The number of rotatable bonds is 10. The topological polar surface area (TPSA) is 3.24 Å². The minimum absolute atomic E-state index is 0.783. The van der Waals surface area contributed by atoms with Crippen molar-refractivity contribution in [2.24, 2.45) is 11.8 Å². The van der Waals surface area contributed by atoms with Gasteiger partial charge in [-0.25, -0.2) is 0 Å². The van der Waals surface area contributed by atoms with Crippen LogP contribution in [-0.4, -0.2) is 29.9 Å². The third-order valence-corrected chi connectivity index (χ3v) is 4.12. The van der Waals surface area contributed by atoms with Gasteiger partial charge in [-0.1, -0.05) is 56.5 Å². The van der Waals surface area contributed by atoms with Crippen molar-refractivity contribution in [3.05, 3.63) is 0 Å². The van der Waals surface area contributed by atoms with Crippen LogP contribution in [-0.2, 0) is 0 Å². The second-order valence-electron chi connectivity index (χ2n) is 5.17. The van der Waals surface area contributed by atoms with Crippen molar-refractivity contribution >= 4 is 15.9 Å². The van der Waals surface area contributed by atoms with Gasteiger partial charge < -0.3 is 4.90 Å². The Hall–Kier alpha value is 0.440. The maximum Gasteiger partial charge on any atom is 0.00743 e. The molecule has 0 aromatic carbocycles. The van der Waals surface area contributed by atoms with Gasteiger partial charge in [0.1, 0.15) is 0 Å². The molecular formula is C14H30BrN. The van der Waals surface area contributed by atoms with Gasteiger partial charge in [0.25, 0.3) is 0 Å². The molecule has 0 fully saturated rings. The third kappa shape index (κ3) is 7.67. The molecule has 0 N–H and O–H groups in total. The number of hydrogen-bond donors (Lipinski definition) is 0. The van der Waals surface area contributed by atoms with Crippen molar-refractivity contribution in [2.75, 3.05) is 25.0 Å². The lowest BCUT2D eigenvalue weighted by Crippen LogP contribution is -2.34. The number of nitrogens with zero attached hydrogens (tertiary/aromatic N) is 1. The van der Waals surface area contributed by atoms with E-state index in [1.54, 1.807) is 0 Å². The van der Waals surface area contributed by atoms with Gasteiger partial charge in [-0.15, -0.1) is 0 Å². The Labute approximate surface area is 111 Å². The second-order valence-corrected chi connectivity index (χ2v) is 5.81. The normalized spacial score (nSPS) is 13.7. The highest BCUT2D eigenvalue weighted by molar-refractivity contribution is 9.09. The Morgan fingerprint density at radius 3 is 1.81 bits per heavy atom. The van der Waals surface area contributed by atoms with E-state index in [1.807, 2.05) is 0 Å². The lowest BCUT2D eigenvalue weighted by atomic mass is 9.97. The maximum absolute atomic E-state index is 3.65. The summed E-state index contributed by atoms with van der Waals surface area (Å²) in [7, 11) is 0. The van der Waals surface area contributed by atoms with Crippen LogP contribution in [0.25, 0.3) is 0 Å². The van der Waals surface area contributed by atoms with E-state index in [9.17, 15) is 0 Å².